The predicted octanol–water partition coefficient (Wildman–Crippen LogP) is 5.01. The summed E-state index contributed by atoms with van der Waals surface area (Å²) in [5.74, 6) is -0.280. The average molecular weight is 318 g/mol. The third-order valence-corrected chi connectivity index (χ3v) is 5.24. The maximum atomic E-state index is 13.8. The molecule has 0 fully saturated rings. The molecule has 1 aromatic carbocycles. The predicted molar refractivity (Wildman–Crippen MR) is 81.0 cm³/mol. The van der Waals surface area contributed by atoms with Crippen molar-refractivity contribution in [2.75, 3.05) is 7.05 Å². The fraction of sp³-hybridized carbons (Fsp3) is 0.286. The second kappa shape index (κ2) is 6.23. The van der Waals surface area contributed by atoms with Crippen LogP contribution in [-0.4, -0.2) is 7.05 Å². The summed E-state index contributed by atoms with van der Waals surface area (Å²) in [6.07, 6.45) is 0.474. The second-order valence-electron chi connectivity index (χ2n) is 4.34. The van der Waals surface area contributed by atoms with Gasteiger partial charge in [0.2, 0.25) is 0 Å². The molecule has 0 radical (unpaired) electrons. The number of hydrogen-bond acceptors (Lipinski definition) is 2. The van der Waals surface area contributed by atoms with Crippen molar-refractivity contribution >= 4 is 34.5 Å². The molecular formula is C14H14Cl2FNS. The summed E-state index contributed by atoms with van der Waals surface area (Å²) in [6.45, 7) is 1.96. The van der Waals surface area contributed by atoms with Crippen molar-refractivity contribution in [3.8, 4) is 0 Å². The molecule has 0 aliphatic heterocycles. The van der Waals surface area contributed by atoms with E-state index in [1.165, 1.54) is 6.07 Å². The molecule has 1 heterocycles. The van der Waals surface area contributed by atoms with E-state index in [0.717, 1.165) is 15.5 Å². The van der Waals surface area contributed by atoms with Crippen LogP contribution in [0.2, 0.25) is 10.0 Å². The van der Waals surface area contributed by atoms with Gasteiger partial charge in [-0.3, -0.25) is 0 Å². The lowest BCUT2D eigenvalue weighted by Crippen LogP contribution is -2.19. The normalized spacial score (nSPS) is 12.7. The highest BCUT2D eigenvalue weighted by molar-refractivity contribution is 7.10. The Morgan fingerprint density at radius 2 is 2.11 bits per heavy atom. The molecule has 0 aliphatic carbocycles. The van der Waals surface area contributed by atoms with Gasteiger partial charge >= 0.3 is 0 Å². The zero-order chi connectivity index (χ0) is 14.0. The minimum atomic E-state index is -0.280. The van der Waals surface area contributed by atoms with Crippen molar-refractivity contribution in [2.45, 2.75) is 19.4 Å². The number of halogens is 3. The van der Waals surface area contributed by atoms with E-state index in [1.807, 2.05) is 19.4 Å². The van der Waals surface area contributed by atoms with E-state index in [0.29, 0.717) is 17.0 Å². The van der Waals surface area contributed by atoms with Gasteiger partial charge in [-0.05, 0) is 43.5 Å². The van der Waals surface area contributed by atoms with Gasteiger partial charge < -0.3 is 5.32 Å². The minimum Gasteiger partial charge on any atom is -0.312 e. The van der Waals surface area contributed by atoms with Gasteiger partial charge in [0, 0.05) is 21.5 Å². The molecule has 1 nitrogen and oxygen atoms in total. The smallest absolute Gasteiger partial charge is 0.127 e. The van der Waals surface area contributed by atoms with Crippen LogP contribution in [-0.2, 0) is 6.42 Å². The first-order chi connectivity index (χ1) is 9.04. The molecule has 5 heteroatoms. The van der Waals surface area contributed by atoms with Crippen LogP contribution in [0.25, 0.3) is 0 Å². The first-order valence-corrected chi connectivity index (χ1v) is 7.51. The van der Waals surface area contributed by atoms with Gasteiger partial charge in [-0.25, -0.2) is 4.39 Å². The Morgan fingerprint density at radius 3 is 2.63 bits per heavy atom. The summed E-state index contributed by atoms with van der Waals surface area (Å²) < 4.78 is 13.8. The summed E-state index contributed by atoms with van der Waals surface area (Å²) in [5.41, 5.74) is 1.56. The molecule has 1 unspecified atom stereocenters. The number of rotatable bonds is 4. The van der Waals surface area contributed by atoms with Crippen LogP contribution in [0.1, 0.15) is 22.0 Å². The molecule has 1 N–H and O–H groups in total. The number of thiophene rings is 1. The van der Waals surface area contributed by atoms with Crippen molar-refractivity contribution in [1.29, 1.82) is 0 Å². The zero-order valence-corrected chi connectivity index (χ0v) is 13.0. The number of benzene rings is 1. The lowest BCUT2D eigenvalue weighted by molar-refractivity contribution is 0.560. The van der Waals surface area contributed by atoms with E-state index in [-0.39, 0.29) is 11.9 Å². The van der Waals surface area contributed by atoms with Crippen molar-refractivity contribution in [3.63, 3.8) is 0 Å². The molecule has 1 atom stereocenters. The van der Waals surface area contributed by atoms with Gasteiger partial charge in [-0.15, -0.1) is 11.3 Å². The molecule has 0 spiro atoms. The number of aryl methyl sites for hydroxylation is 1. The van der Waals surface area contributed by atoms with Crippen molar-refractivity contribution in [1.82, 2.24) is 5.32 Å². The van der Waals surface area contributed by atoms with Crippen molar-refractivity contribution in [2.24, 2.45) is 0 Å². The molecule has 0 bridgehead atoms. The molecule has 2 rings (SSSR count). The largest absolute Gasteiger partial charge is 0.312 e. The number of likely N-dealkylation sites (N-methyl/N-ethyl adjacent to an activating group) is 1. The summed E-state index contributed by atoms with van der Waals surface area (Å²) in [5, 5.41) is 6.38. The number of nitrogens with one attached hydrogen (secondary N) is 1. The van der Waals surface area contributed by atoms with Crippen LogP contribution in [0.3, 0.4) is 0 Å². The van der Waals surface area contributed by atoms with E-state index >= 15 is 0 Å². The molecular weight excluding hydrogens is 304 g/mol. The van der Waals surface area contributed by atoms with Gasteiger partial charge in [0.15, 0.2) is 0 Å². The van der Waals surface area contributed by atoms with Crippen LogP contribution in [0, 0.1) is 12.7 Å². The molecule has 19 heavy (non-hydrogen) atoms. The minimum absolute atomic E-state index is 0.0411. The van der Waals surface area contributed by atoms with E-state index in [1.54, 1.807) is 23.5 Å². The maximum absolute atomic E-state index is 13.8. The lowest BCUT2D eigenvalue weighted by Gasteiger charge is -2.17. The van der Waals surface area contributed by atoms with Crippen LogP contribution in [0.15, 0.2) is 23.6 Å². The van der Waals surface area contributed by atoms with Crippen LogP contribution in [0.5, 0.6) is 0 Å². The van der Waals surface area contributed by atoms with Crippen LogP contribution >= 0.6 is 34.5 Å². The first kappa shape index (κ1) is 14.8. The number of hydrogen-bond donors (Lipinski definition) is 1. The van der Waals surface area contributed by atoms with Crippen LogP contribution < -0.4 is 5.32 Å². The summed E-state index contributed by atoms with van der Waals surface area (Å²) in [6, 6.07) is 4.70. The third-order valence-electron chi connectivity index (χ3n) is 3.06. The molecule has 0 aliphatic rings. The zero-order valence-electron chi connectivity index (χ0n) is 10.6. The molecule has 0 saturated heterocycles. The van der Waals surface area contributed by atoms with E-state index in [2.05, 4.69) is 5.32 Å². The van der Waals surface area contributed by atoms with Gasteiger partial charge in [-0.2, -0.15) is 0 Å². The van der Waals surface area contributed by atoms with Crippen molar-refractivity contribution in [3.05, 3.63) is 55.4 Å². The standard InChI is InChI=1S/C14H14Cl2FNS/c1-8-7-19-14(13(8)16)12(18-2)6-9-10(15)4-3-5-11(9)17/h3-5,7,12,18H,6H2,1-2H3. The fourth-order valence-electron chi connectivity index (χ4n) is 1.94. The SMILES string of the molecule is CNC(Cc1c(F)cccc1Cl)c1scc(C)c1Cl. The Kier molecular flexibility index (Phi) is 4.85. The van der Waals surface area contributed by atoms with E-state index < -0.39 is 0 Å². The first-order valence-electron chi connectivity index (χ1n) is 5.88. The average Bonchev–Trinajstić information content (AvgIpc) is 2.71. The fourth-order valence-corrected chi connectivity index (χ4v) is 3.62. The Morgan fingerprint density at radius 1 is 1.37 bits per heavy atom. The van der Waals surface area contributed by atoms with E-state index in [9.17, 15) is 4.39 Å². The molecule has 1 aromatic heterocycles. The topological polar surface area (TPSA) is 12.0 Å². The van der Waals surface area contributed by atoms with Gasteiger partial charge in [0.1, 0.15) is 5.82 Å². The highest BCUT2D eigenvalue weighted by Gasteiger charge is 2.19. The van der Waals surface area contributed by atoms with Crippen molar-refractivity contribution < 1.29 is 4.39 Å². The summed E-state index contributed by atoms with van der Waals surface area (Å²) in [4.78, 5) is 1.01. The van der Waals surface area contributed by atoms with E-state index in [4.69, 9.17) is 23.2 Å². The Bertz CT molecular complexity index is 563. The molecule has 102 valence electrons. The molecule has 2 aromatic rings. The summed E-state index contributed by atoms with van der Waals surface area (Å²) >= 11 is 13.9. The third kappa shape index (κ3) is 3.11. The highest BCUT2D eigenvalue weighted by atomic mass is 35.5. The molecule has 0 amide bonds. The Labute approximate surface area is 126 Å². The van der Waals surface area contributed by atoms with Crippen LogP contribution in [0.4, 0.5) is 4.39 Å². The second-order valence-corrected chi connectivity index (χ2v) is 6.04. The maximum Gasteiger partial charge on any atom is 0.127 e. The van der Waals surface area contributed by atoms with Gasteiger partial charge in [0.25, 0.3) is 0 Å². The highest BCUT2D eigenvalue weighted by Crippen LogP contribution is 2.35. The van der Waals surface area contributed by atoms with Gasteiger partial charge in [-0.1, -0.05) is 29.3 Å². The lowest BCUT2D eigenvalue weighted by atomic mass is 10.0. The Hall–Kier alpha value is -0.610. The monoisotopic (exact) mass is 317 g/mol. The summed E-state index contributed by atoms with van der Waals surface area (Å²) in [7, 11) is 1.84. The molecule has 0 saturated carbocycles. The Balaban J connectivity index is 2.32. The quantitative estimate of drug-likeness (QED) is 0.836. The van der Waals surface area contributed by atoms with Gasteiger partial charge in [0.05, 0.1) is 5.02 Å².